The Morgan fingerprint density at radius 3 is 2.42 bits per heavy atom. The van der Waals surface area contributed by atoms with Gasteiger partial charge in [0.15, 0.2) is 0 Å². The van der Waals surface area contributed by atoms with E-state index in [4.69, 9.17) is 5.14 Å². The SMILES string of the molecule is CC(C)C(O)Cc1ccc(S(N)(=O)=O)cc1[N+](=O)[O-]. The summed E-state index contributed by atoms with van der Waals surface area (Å²) in [5.41, 5.74) is -0.0789. The Morgan fingerprint density at radius 1 is 1.42 bits per heavy atom. The molecule has 0 saturated heterocycles. The molecule has 106 valence electrons. The molecule has 0 saturated carbocycles. The van der Waals surface area contributed by atoms with Crippen LogP contribution in [0, 0.1) is 16.0 Å². The van der Waals surface area contributed by atoms with Crippen molar-refractivity contribution in [1.82, 2.24) is 0 Å². The van der Waals surface area contributed by atoms with Crippen molar-refractivity contribution >= 4 is 15.7 Å². The van der Waals surface area contributed by atoms with Crippen molar-refractivity contribution in [1.29, 1.82) is 0 Å². The lowest BCUT2D eigenvalue weighted by atomic mass is 9.98. The molecule has 0 aliphatic carbocycles. The van der Waals surface area contributed by atoms with E-state index >= 15 is 0 Å². The van der Waals surface area contributed by atoms with E-state index in [0.29, 0.717) is 0 Å². The van der Waals surface area contributed by atoms with Gasteiger partial charge in [0.25, 0.3) is 5.69 Å². The highest BCUT2D eigenvalue weighted by Crippen LogP contribution is 2.24. The van der Waals surface area contributed by atoms with Crippen molar-refractivity contribution in [2.45, 2.75) is 31.3 Å². The van der Waals surface area contributed by atoms with E-state index in [2.05, 4.69) is 0 Å². The van der Waals surface area contributed by atoms with Gasteiger partial charge in [0.2, 0.25) is 10.0 Å². The van der Waals surface area contributed by atoms with Crippen LogP contribution in [0.2, 0.25) is 0 Å². The second-order valence-electron chi connectivity index (χ2n) is 4.61. The first-order chi connectivity index (χ1) is 8.62. The number of rotatable bonds is 5. The molecule has 1 unspecified atom stereocenters. The normalized spacial score (nSPS) is 13.5. The molecule has 0 heterocycles. The van der Waals surface area contributed by atoms with Crippen molar-refractivity contribution in [2.24, 2.45) is 11.1 Å². The molecule has 0 bridgehead atoms. The second-order valence-corrected chi connectivity index (χ2v) is 6.17. The number of primary sulfonamides is 1. The Labute approximate surface area is 111 Å². The maximum Gasteiger partial charge on any atom is 0.274 e. The fourth-order valence-corrected chi connectivity index (χ4v) is 2.06. The van der Waals surface area contributed by atoms with Gasteiger partial charge in [-0.05, 0) is 12.0 Å². The molecule has 1 rings (SSSR count). The maximum absolute atomic E-state index is 11.2. The quantitative estimate of drug-likeness (QED) is 0.612. The monoisotopic (exact) mass is 288 g/mol. The minimum atomic E-state index is -3.99. The predicted molar refractivity (Wildman–Crippen MR) is 69.0 cm³/mol. The third-order valence-corrected chi connectivity index (χ3v) is 3.69. The lowest BCUT2D eigenvalue weighted by molar-refractivity contribution is -0.385. The molecule has 0 aliphatic rings. The molecular formula is C11H16N2O5S. The van der Waals surface area contributed by atoms with Gasteiger partial charge in [-0.3, -0.25) is 10.1 Å². The first-order valence-electron chi connectivity index (χ1n) is 5.61. The predicted octanol–water partition coefficient (Wildman–Crippen LogP) is 0.802. The highest BCUT2D eigenvalue weighted by molar-refractivity contribution is 7.89. The summed E-state index contributed by atoms with van der Waals surface area (Å²) in [4.78, 5) is 9.94. The molecule has 8 heteroatoms. The van der Waals surface area contributed by atoms with Crippen LogP contribution in [0.25, 0.3) is 0 Å². The molecule has 7 nitrogen and oxygen atoms in total. The molecule has 1 aromatic rings. The number of nitro benzene ring substituents is 1. The van der Waals surface area contributed by atoms with Gasteiger partial charge < -0.3 is 5.11 Å². The fraction of sp³-hybridized carbons (Fsp3) is 0.455. The van der Waals surface area contributed by atoms with Gasteiger partial charge in [0.1, 0.15) is 0 Å². The number of nitrogens with zero attached hydrogens (tertiary/aromatic N) is 1. The van der Waals surface area contributed by atoms with Crippen LogP contribution >= 0.6 is 0 Å². The highest BCUT2D eigenvalue weighted by Gasteiger charge is 2.21. The first-order valence-corrected chi connectivity index (χ1v) is 7.15. The average Bonchev–Trinajstić information content (AvgIpc) is 2.27. The Kier molecular flexibility index (Phi) is 4.61. The van der Waals surface area contributed by atoms with Crippen LogP contribution in [0.15, 0.2) is 23.1 Å². The smallest absolute Gasteiger partial charge is 0.274 e. The number of benzene rings is 1. The molecule has 0 amide bonds. The van der Waals surface area contributed by atoms with E-state index in [-0.39, 0.29) is 28.5 Å². The molecule has 19 heavy (non-hydrogen) atoms. The number of hydrogen-bond acceptors (Lipinski definition) is 5. The molecule has 0 radical (unpaired) electrons. The van der Waals surface area contributed by atoms with Crippen LogP contribution < -0.4 is 5.14 Å². The zero-order valence-corrected chi connectivity index (χ0v) is 11.4. The summed E-state index contributed by atoms with van der Waals surface area (Å²) in [7, 11) is -3.99. The second kappa shape index (κ2) is 5.64. The van der Waals surface area contributed by atoms with Crippen LogP contribution in [-0.2, 0) is 16.4 Å². The number of sulfonamides is 1. The summed E-state index contributed by atoms with van der Waals surface area (Å²) in [6.07, 6.45) is -0.655. The number of nitro groups is 1. The summed E-state index contributed by atoms with van der Waals surface area (Å²) >= 11 is 0. The van der Waals surface area contributed by atoms with Crippen molar-refractivity contribution in [3.8, 4) is 0 Å². The Morgan fingerprint density at radius 2 is 2.00 bits per heavy atom. The molecular weight excluding hydrogens is 272 g/mol. The summed E-state index contributed by atoms with van der Waals surface area (Å²) in [6, 6.07) is 3.42. The number of aliphatic hydroxyl groups excluding tert-OH is 1. The number of nitrogens with two attached hydrogens (primary N) is 1. The van der Waals surface area contributed by atoms with E-state index in [1.54, 1.807) is 13.8 Å². The molecule has 0 spiro atoms. The van der Waals surface area contributed by atoms with Crippen LogP contribution in [0.4, 0.5) is 5.69 Å². The summed E-state index contributed by atoms with van der Waals surface area (Å²) in [6.45, 7) is 3.57. The van der Waals surface area contributed by atoms with Gasteiger partial charge in [-0.15, -0.1) is 0 Å². The van der Waals surface area contributed by atoms with E-state index in [0.717, 1.165) is 6.07 Å². The summed E-state index contributed by atoms with van der Waals surface area (Å²) in [5.74, 6) is -0.0579. The van der Waals surface area contributed by atoms with E-state index in [9.17, 15) is 23.6 Å². The van der Waals surface area contributed by atoms with Gasteiger partial charge in [0.05, 0.1) is 15.9 Å². The largest absolute Gasteiger partial charge is 0.393 e. The van der Waals surface area contributed by atoms with E-state index in [1.807, 2.05) is 0 Å². The minimum Gasteiger partial charge on any atom is -0.393 e. The fourth-order valence-electron chi connectivity index (χ4n) is 1.52. The average molecular weight is 288 g/mol. The molecule has 3 N–H and O–H groups in total. The third-order valence-electron chi connectivity index (χ3n) is 2.78. The summed E-state index contributed by atoms with van der Waals surface area (Å²) < 4.78 is 22.3. The van der Waals surface area contributed by atoms with Crippen LogP contribution in [-0.4, -0.2) is 24.6 Å². The van der Waals surface area contributed by atoms with Gasteiger partial charge >= 0.3 is 0 Å². The Balaban J connectivity index is 3.24. The lowest BCUT2D eigenvalue weighted by Crippen LogP contribution is -2.19. The lowest BCUT2D eigenvalue weighted by Gasteiger charge is -2.14. The molecule has 1 atom stereocenters. The minimum absolute atomic E-state index is 0.0579. The zero-order chi connectivity index (χ0) is 14.8. The van der Waals surface area contributed by atoms with E-state index < -0.39 is 21.1 Å². The topological polar surface area (TPSA) is 124 Å². The highest BCUT2D eigenvalue weighted by atomic mass is 32.2. The molecule has 1 aromatic carbocycles. The number of aliphatic hydroxyl groups is 1. The maximum atomic E-state index is 11.2. The van der Waals surface area contributed by atoms with Crippen LogP contribution in [0.5, 0.6) is 0 Å². The summed E-state index contributed by atoms with van der Waals surface area (Å²) in [5, 5.41) is 25.6. The van der Waals surface area contributed by atoms with Crippen molar-refractivity contribution < 1.29 is 18.4 Å². The van der Waals surface area contributed by atoms with Crippen molar-refractivity contribution in [3.63, 3.8) is 0 Å². The molecule has 0 aliphatic heterocycles. The van der Waals surface area contributed by atoms with Crippen LogP contribution in [0.3, 0.4) is 0 Å². The van der Waals surface area contributed by atoms with Crippen LogP contribution in [0.1, 0.15) is 19.4 Å². The van der Waals surface area contributed by atoms with Gasteiger partial charge in [-0.1, -0.05) is 19.9 Å². The number of hydrogen-bond donors (Lipinski definition) is 2. The zero-order valence-electron chi connectivity index (χ0n) is 10.6. The first kappa shape index (κ1) is 15.5. The van der Waals surface area contributed by atoms with Crippen molar-refractivity contribution in [3.05, 3.63) is 33.9 Å². The van der Waals surface area contributed by atoms with Gasteiger partial charge in [-0.2, -0.15) is 0 Å². The Bertz CT molecular complexity index is 583. The third kappa shape index (κ3) is 3.98. The Hall–Kier alpha value is -1.51. The standard InChI is InChI=1S/C11H16N2O5S/c1-7(2)11(14)5-8-3-4-9(19(12,17)18)6-10(8)13(15)16/h3-4,6-7,11,14H,5H2,1-2H3,(H2,12,17,18). The van der Waals surface area contributed by atoms with Gasteiger partial charge in [-0.25, -0.2) is 13.6 Å². The van der Waals surface area contributed by atoms with Crippen molar-refractivity contribution in [2.75, 3.05) is 0 Å². The van der Waals surface area contributed by atoms with E-state index in [1.165, 1.54) is 12.1 Å². The molecule has 0 aromatic heterocycles. The molecule has 0 fully saturated rings. The van der Waals surface area contributed by atoms with Gasteiger partial charge in [0, 0.05) is 18.1 Å².